The van der Waals surface area contributed by atoms with Gasteiger partial charge in [0, 0.05) is 25.7 Å². The highest BCUT2D eigenvalue weighted by Gasteiger charge is 2.30. The van der Waals surface area contributed by atoms with Crippen LogP contribution in [0.25, 0.3) is 0 Å². The van der Waals surface area contributed by atoms with Gasteiger partial charge < -0.3 is 33.8 Å². The normalized spacial score (nSPS) is 14.7. The van der Waals surface area contributed by atoms with Gasteiger partial charge in [-0.1, -0.05) is 318 Å². The molecule has 0 saturated heterocycles. The van der Waals surface area contributed by atoms with Gasteiger partial charge in [0.2, 0.25) is 0 Å². The van der Waals surface area contributed by atoms with E-state index in [-0.39, 0.29) is 25.7 Å². The molecular formula is C73H142O17P2. The first-order valence-electron chi connectivity index (χ1n) is 37.9. The van der Waals surface area contributed by atoms with E-state index in [2.05, 4.69) is 48.5 Å². The van der Waals surface area contributed by atoms with Crippen LogP contribution in [0.15, 0.2) is 0 Å². The highest BCUT2D eigenvalue weighted by atomic mass is 31.2. The van der Waals surface area contributed by atoms with Crippen molar-refractivity contribution in [1.29, 1.82) is 0 Å². The topological polar surface area (TPSA) is 237 Å². The second-order valence-electron chi connectivity index (χ2n) is 27.3. The summed E-state index contributed by atoms with van der Waals surface area (Å²) in [5.74, 6) is 0.0998. The van der Waals surface area contributed by atoms with Crippen LogP contribution in [0.3, 0.4) is 0 Å². The molecule has 0 radical (unpaired) electrons. The number of ether oxygens (including phenoxy) is 4. The Hall–Kier alpha value is -1.94. The minimum absolute atomic E-state index is 0.104. The molecule has 0 aliphatic rings. The first-order chi connectivity index (χ1) is 44.3. The molecule has 0 spiro atoms. The summed E-state index contributed by atoms with van der Waals surface area (Å²) < 4.78 is 68.4. The lowest BCUT2D eigenvalue weighted by Crippen LogP contribution is -2.30. The molecule has 0 aliphatic heterocycles. The van der Waals surface area contributed by atoms with Crippen molar-refractivity contribution in [2.45, 2.75) is 388 Å². The molecule has 0 bridgehead atoms. The van der Waals surface area contributed by atoms with Crippen molar-refractivity contribution in [2.24, 2.45) is 17.8 Å². The van der Waals surface area contributed by atoms with Crippen LogP contribution in [0.2, 0.25) is 0 Å². The quantitative estimate of drug-likeness (QED) is 0.0222. The van der Waals surface area contributed by atoms with Gasteiger partial charge in [0.1, 0.15) is 19.3 Å². The van der Waals surface area contributed by atoms with Crippen LogP contribution in [0.1, 0.15) is 370 Å². The van der Waals surface area contributed by atoms with Gasteiger partial charge in [0.05, 0.1) is 26.4 Å². The fourth-order valence-electron chi connectivity index (χ4n) is 11.0. The number of carbonyl (C=O) groups excluding carboxylic acids is 4. The Kier molecular flexibility index (Phi) is 62.4. The number of aliphatic hydroxyl groups is 1. The molecule has 3 N–H and O–H groups in total. The molecule has 92 heavy (non-hydrogen) atoms. The van der Waals surface area contributed by atoms with E-state index >= 15 is 0 Å². The van der Waals surface area contributed by atoms with Gasteiger partial charge >= 0.3 is 39.5 Å². The van der Waals surface area contributed by atoms with Gasteiger partial charge in [-0.25, -0.2) is 9.13 Å². The first-order valence-corrected chi connectivity index (χ1v) is 40.9. The molecule has 0 aromatic heterocycles. The maximum Gasteiger partial charge on any atom is 0.472 e. The van der Waals surface area contributed by atoms with E-state index < -0.39 is 97.5 Å². The first kappa shape index (κ1) is 90.1. The molecule has 0 aromatic carbocycles. The van der Waals surface area contributed by atoms with Crippen LogP contribution in [0.5, 0.6) is 0 Å². The average molecular weight is 1350 g/mol. The molecule has 0 aromatic rings. The summed E-state index contributed by atoms with van der Waals surface area (Å²) in [6, 6.07) is 0. The van der Waals surface area contributed by atoms with Gasteiger partial charge in [-0.15, -0.1) is 0 Å². The summed E-state index contributed by atoms with van der Waals surface area (Å²) in [6.07, 6.45) is 48.7. The number of hydrogen-bond acceptors (Lipinski definition) is 15. The molecule has 0 aliphatic carbocycles. The average Bonchev–Trinajstić information content (AvgIpc) is 3.00. The summed E-state index contributed by atoms with van der Waals surface area (Å²) in [5, 5.41) is 10.6. The number of aliphatic hydroxyl groups excluding tert-OH is 1. The molecule has 0 amide bonds. The third kappa shape index (κ3) is 64.1. The van der Waals surface area contributed by atoms with Crippen molar-refractivity contribution < 1.29 is 80.2 Å². The number of hydrogen-bond donors (Lipinski definition) is 3. The number of esters is 4. The molecule has 19 heteroatoms. The van der Waals surface area contributed by atoms with E-state index in [4.69, 9.17) is 37.0 Å². The maximum absolute atomic E-state index is 13.1. The molecule has 0 fully saturated rings. The van der Waals surface area contributed by atoms with Crippen LogP contribution in [0.4, 0.5) is 0 Å². The van der Waals surface area contributed by atoms with Crippen molar-refractivity contribution in [3.8, 4) is 0 Å². The van der Waals surface area contributed by atoms with E-state index in [0.29, 0.717) is 31.6 Å². The molecule has 0 saturated carbocycles. The zero-order valence-electron chi connectivity index (χ0n) is 60.0. The van der Waals surface area contributed by atoms with E-state index in [1.54, 1.807) is 0 Å². The second-order valence-corrected chi connectivity index (χ2v) is 30.2. The third-order valence-corrected chi connectivity index (χ3v) is 19.5. The van der Waals surface area contributed by atoms with Gasteiger partial charge in [-0.2, -0.15) is 0 Å². The van der Waals surface area contributed by atoms with Crippen LogP contribution in [0, 0.1) is 17.8 Å². The standard InChI is InChI=1S/C73H142O17P2/c1-8-11-12-13-14-15-16-17-18-19-20-21-22-23-24-25-33-42-49-56-72(77)89-68(60-83-70(75)54-47-40-32-28-26-30-38-45-52-65(6)9-2)62-87-91(79,80)85-58-67(74)59-86-92(81,82)88-63-69(61-84-71(76)55-48-41-36-35-37-44-51-64(4)5)90-73(78)57-50-43-34-29-27-31-39-46-53-66(7)10-3/h64-69,74H,8-63H2,1-7H3,(H,79,80)(H,81,82)/t65?,66?,67-,68-,69-/m1/s1. The van der Waals surface area contributed by atoms with Crippen LogP contribution in [-0.2, 0) is 65.4 Å². The Morgan fingerprint density at radius 3 is 0.826 bits per heavy atom. The van der Waals surface area contributed by atoms with E-state index in [9.17, 15) is 43.2 Å². The Morgan fingerprint density at radius 2 is 0.554 bits per heavy atom. The van der Waals surface area contributed by atoms with Gasteiger partial charge in [-0.05, 0) is 43.4 Å². The second kappa shape index (κ2) is 63.8. The van der Waals surface area contributed by atoms with Gasteiger partial charge in [0.25, 0.3) is 0 Å². The summed E-state index contributed by atoms with van der Waals surface area (Å²) in [6.45, 7) is 11.8. The number of phosphoric acid groups is 2. The molecule has 0 heterocycles. The third-order valence-electron chi connectivity index (χ3n) is 17.6. The Morgan fingerprint density at radius 1 is 0.315 bits per heavy atom. The number of carbonyl (C=O) groups is 4. The zero-order valence-corrected chi connectivity index (χ0v) is 61.8. The van der Waals surface area contributed by atoms with Crippen molar-refractivity contribution in [1.82, 2.24) is 0 Å². The smallest absolute Gasteiger partial charge is 0.462 e. The lowest BCUT2D eigenvalue weighted by atomic mass is 9.99. The van der Waals surface area contributed by atoms with Gasteiger partial charge in [0.15, 0.2) is 12.2 Å². The van der Waals surface area contributed by atoms with E-state index in [0.717, 1.165) is 108 Å². The van der Waals surface area contributed by atoms with Crippen molar-refractivity contribution in [3.05, 3.63) is 0 Å². The fourth-order valence-corrected chi connectivity index (χ4v) is 12.6. The summed E-state index contributed by atoms with van der Waals surface area (Å²) in [5.41, 5.74) is 0. The van der Waals surface area contributed by atoms with E-state index in [1.807, 2.05) is 0 Å². The lowest BCUT2D eigenvalue weighted by Gasteiger charge is -2.21. The largest absolute Gasteiger partial charge is 0.472 e. The Labute approximate surface area is 562 Å². The van der Waals surface area contributed by atoms with Crippen LogP contribution in [-0.4, -0.2) is 96.7 Å². The lowest BCUT2D eigenvalue weighted by molar-refractivity contribution is -0.161. The molecular weight excluding hydrogens is 1210 g/mol. The molecule has 17 nitrogen and oxygen atoms in total. The van der Waals surface area contributed by atoms with Crippen molar-refractivity contribution in [3.63, 3.8) is 0 Å². The monoisotopic (exact) mass is 1350 g/mol. The minimum Gasteiger partial charge on any atom is -0.462 e. The molecule has 7 atom stereocenters. The van der Waals surface area contributed by atoms with Crippen molar-refractivity contribution >= 4 is 39.5 Å². The van der Waals surface area contributed by atoms with Gasteiger partial charge in [-0.3, -0.25) is 37.3 Å². The number of phosphoric ester groups is 2. The van der Waals surface area contributed by atoms with E-state index in [1.165, 1.54) is 173 Å². The van der Waals surface area contributed by atoms with Crippen LogP contribution < -0.4 is 0 Å². The summed E-state index contributed by atoms with van der Waals surface area (Å²) in [7, 11) is -9.91. The van der Waals surface area contributed by atoms with Crippen LogP contribution >= 0.6 is 15.6 Å². The minimum atomic E-state index is -4.95. The summed E-state index contributed by atoms with van der Waals surface area (Å²) in [4.78, 5) is 72.6. The molecule has 546 valence electrons. The highest BCUT2D eigenvalue weighted by molar-refractivity contribution is 7.47. The number of rotatable bonds is 71. The zero-order chi connectivity index (χ0) is 68.0. The van der Waals surface area contributed by atoms with Crippen molar-refractivity contribution in [2.75, 3.05) is 39.6 Å². The predicted molar refractivity (Wildman–Crippen MR) is 372 cm³/mol. The number of unbranched alkanes of at least 4 members (excludes halogenated alkanes) is 37. The molecule has 0 rings (SSSR count). The summed E-state index contributed by atoms with van der Waals surface area (Å²) >= 11 is 0. The Bertz CT molecular complexity index is 1810. The fraction of sp³-hybridized carbons (Fsp3) is 0.945. The predicted octanol–water partition coefficient (Wildman–Crippen LogP) is 21.0. The molecule has 4 unspecified atom stereocenters. The SMILES string of the molecule is CCCCCCCCCCCCCCCCCCCCCC(=O)O[C@H](COC(=O)CCCCCCCCCCC(C)CC)COP(=O)(O)OC[C@@H](O)COP(=O)(O)OC[C@@H](COC(=O)CCCCCCCCC(C)C)OC(=O)CCCCCCCCCCC(C)CC. The maximum atomic E-state index is 13.1. The highest BCUT2D eigenvalue weighted by Crippen LogP contribution is 2.45. The Balaban J connectivity index is 5.22.